The molecule has 6 nitrogen and oxygen atoms in total. The van der Waals surface area contributed by atoms with Gasteiger partial charge in [-0.25, -0.2) is 0 Å². The van der Waals surface area contributed by atoms with Crippen LogP contribution in [0, 0.1) is 0 Å². The monoisotopic (exact) mass is 321 g/mol. The molecule has 0 bridgehead atoms. The zero-order valence-corrected chi connectivity index (χ0v) is 13.9. The average molecular weight is 321 g/mol. The van der Waals surface area contributed by atoms with Crippen LogP contribution in [0.2, 0.25) is 0 Å². The van der Waals surface area contributed by atoms with E-state index in [1.165, 1.54) is 20.4 Å². The summed E-state index contributed by atoms with van der Waals surface area (Å²) in [5, 5.41) is 0. The van der Waals surface area contributed by atoms with Gasteiger partial charge in [-0.3, -0.25) is 4.79 Å². The van der Waals surface area contributed by atoms with Gasteiger partial charge in [0.15, 0.2) is 0 Å². The van der Waals surface area contributed by atoms with Crippen molar-refractivity contribution in [1.29, 1.82) is 0 Å². The van der Waals surface area contributed by atoms with Crippen molar-refractivity contribution in [2.24, 2.45) is 0 Å². The number of rotatable bonds is 4. The second kappa shape index (κ2) is 6.21. The fourth-order valence-corrected chi connectivity index (χ4v) is 5.64. The number of thioether (sulfide) groups is 1. The van der Waals surface area contributed by atoms with Gasteiger partial charge in [0.1, 0.15) is 6.04 Å². The Bertz CT molecular complexity index is 461. The highest BCUT2D eigenvalue weighted by molar-refractivity contribution is 8.00. The minimum Gasteiger partial charge on any atom is -0.341 e. The van der Waals surface area contributed by atoms with Crippen molar-refractivity contribution >= 4 is 27.9 Å². The van der Waals surface area contributed by atoms with E-state index in [0.717, 1.165) is 25.9 Å². The Morgan fingerprint density at radius 3 is 2.45 bits per heavy atom. The smallest absolute Gasteiger partial charge is 0.283 e. The number of carbonyl (C=O) groups is 1. The first-order chi connectivity index (χ1) is 9.35. The molecule has 116 valence electrons. The van der Waals surface area contributed by atoms with E-state index in [4.69, 9.17) is 0 Å². The van der Waals surface area contributed by atoms with Gasteiger partial charge in [0.2, 0.25) is 5.91 Å². The van der Waals surface area contributed by atoms with Gasteiger partial charge in [-0.2, -0.15) is 17.0 Å². The SMILES string of the molecule is CC(C)N(C)S(=O)(=O)N1CSCC1C(=O)N1CCCC1. The molecule has 0 aromatic heterocycles. The Morgan fingerprint density at radius 1 is 1.30 bits per heavy atom. The van der Waals surface area contributed by atoms with Crippen molar-refractivity contribution in [2.75, 3.05) is 31.8 Å². The van der Waals surface area contributed by atoms with Gasteiger partial charge in [-0.05, 0) is 26.7 Å². The van der Waals surface area contributed by atoms with E-state index in [-0.39, 0.29) is 11.9 Å². The summed E-state index contributed by atoms with van der Waals surface area (Å²) in [4.78, 5) is 14.3. The van der Waals surface area contributed by atoms with Crippen molar-refractivity contribution in [3.05, 3.63) is 0 Å². The lowest BCUT2D eigenvalue weighted by molar-refractivity contribution is -0.133. The predicted octanol–water partition coefficient (Wildman–Crippen LogP) is 0.569. The minimum absolute atomic E-state index is 0.0340. The standard InChI is InChI=1S/C12H23N3O3S2/c1-10(2)13(3)20(17,18)15-9-19-8-11(15)12(16)14-6-4-5-7-14/h10-11H,4-9H2,1-3H3. The van der Waals surface area contributed by atoms with Crippen LogP contribution in [0.25, 0.3) is 0 Å². The van der Waals surface area contributed by atoms with E-state index in [1.54, 1.807) is 11.9 Å². The van der Waals surface area contributed by atoms with Gasteiger partial charge < -0.3 is 4.90 Å². The van der Waals surface area contributed by atoms with Gasteiger partial charge in [-0.15, -0.1) is 11.8 Å². The number of hydrogen-bond donors (Lipinski definition) is 0. The van der Waals surface area contributed by atoms with Crippen LogP contribution in [-0.2, 0) is 15.0 Å². The Morgan fingerprint density at radius 2 is 1.90 bits per heavy atom. The molecule has 2 heterocycles. The molecular weight excluding hydrogens is 298 g/mol. The van der Waals surface area contributed by atoms with Crippen molar-refractivity contribution in [3.63, 3.8) is 0 Å². The third-order valence-corrected chi connectivity index (χ3v) is 7.23. The van der Waals surface area contributed by atoms with Crippen LogP contribution in [0.4, 0.5) is 0 Å². The molecule has 2 aliphatic rings. The normalized spacial score (nSPS) is 25.1. The van der Waals surface area contributed by atoms with Crippen LogP contribution in [-0.4, -0.2) is 71.7 Å². The highest BCUT2D eigenvalue weighted by Crippen LogP contribution is 2.28. The van der Waals surface area contributed by atoms with Crippen LogP contribution in [0.5, 0.6) is 0 Å². The van der Waals surface area contributed by atoms with E-state index in [1.807, 2.05) is 13.8 Å². The Kier molecular flexibility index (Phi) is 4.99. The third-order valence-electron chi connectivity index (χ3n) is 3.93. The van der Waals surface area contributed by atoms with Gasteiger partial charge in [0.05, 0.1) is 5.88 Å². The van der Waals surface area contributed by atoms with E-state index < -0.39 is 16.3 Å². The first kappa shape index (κ1) is 16.1. The quantitative estimate of drug-likeness (QED) is 0.759. The fraction of sp³-hybridized carbons (Fsp3) is 0.917. The summed E-state index contributed by atoms with van der Waals surface area (Å²) in [6.07, 6.45) is 2.04. The summed E-state index contributed by atoms with van der Waals surface area (Å²) < 4.78 is 27.8. The lowest BCUT2D eigenvalue weighted by Crippen LogP contribution is -2.52. The Labute approximate surface area is 125 Å². The van der Waals surface area contributed by atoms with Gasteiger partial charge in [0.25, 0.3) is 10.2 Å². The molecule has 0 aromatic carbocycles. The second-order valence-corrected chi connectivity index (χ2v) is 8.49. The Hall–Kier alpha value is -0.310. The van der Waals surface area contributed by atoms with Crippen LogP contribution in [0.1, 0.15) is 26.7 Å². The molecule has 0 spiro atoms. The largest absolute Gasteiger partial charge is 0.341 e. The Balaban J connectivity index is 2.16. The van der Waals surface area contributed by atoms with Crippen LogP contribution >= 0.6 is 11.8 Å². The van der Waals surface area contributed by atoms with E-state index in [9.17, 15) is 13.2 Å². The number of amides is 1. The highest BCUT2D eigenvalue weighted by Gasteiger charge is 2.43. The molecule has 0 aliphatic carbocycles. The van der Waals surface area contributed by atoms with Gasteiger partial charge in [0, 0.05) is 31.9 Å². The van der Waals surface area contributed by atoms with E-state index in [0.29, 0.717) is 11.6 Å². The summed E-state index contributed by atoms with van der Waals surface area (Å²) in [5.74, 6) is 0.887. The number of nitrogens with zero attached hydrogens (tertiary/aromatic N) is 3. The first-order valence-corrected chi connectivity index (χ1v) is 9.52. The fourth-order valence-electron chi connectivity index (χ4n) is 2.43. The molecule has 2 rings (SSSR count). The maximum Gasteiger partial charge on any atom is 0.283 e. The highest BCUT2D eigenvalue weighted by atomic mass is 32.2. The molecular formula is C12H23N3O3S2. The topological polar surface area (TPSA) is 60.9 Å². The van der Waals surface area contributed by atoms with Crippen molar-refractivity contribution in [2.45, 2.75) is 38.8 Å². The molecule has 0 saturated carbocycles. The lowest BCUT2D eigenvalue weighted by atomic mass is 10.3. The summed E-state index contributed by atoms with van der Waals surface area (Å²) >= 11 is 1.51. The summed E-state index contributed by atoms with van der Waals surface area (Å²) in [6.45, 7) is 5.18. The maximum atomic E-state index is 12.6. The number of carbonyl (C=O) groups excluding carboxylic acids is 1. The minimum atomic E-state index is -3.56. The molecule has 1 atom stereocenters. The molecule has 20 heavy (non-hydrogen) atoms. The molecule has 0 N–H and O–H groups in total. The summed E-state index contributed by atoms with van der Waals surface area (Å²) in [5.41, 5.74) is 0. The molecule has 0 radical (unpaired) electrons. The molecule has 2 saturated heterocycles. The molecule has 8 heteroatoms. The van der Waals surface area contributed by atoms with Gasteiger partial charge >= 0.3 is 0 Å². The summed E-state index contributed by atoms with van der Waals surface area (Å²) in [6, 6.07) is -0.655. The second-order valence-electron chi connectivity index (χ2n) is 5.55. The third kappa shape index (κ3) is 2.98. The van der Waals surface area contributed by atoms with Crippen molar-refractivity contribution in [1.82, 2.24) is 13.5 Å². The van der Waals surface area contributed by atoms with E-state index >= 15 is 0 Å². The number of likely N-dealkylation sites (tertiary alicyclic amines) is 1. The molecule has 1 unspecified atom stereocenters. The predicted molar refractivity (Wildman–Crippen MR) is 80.6 cm³/mol. The van der Waals surface area contributed by atoms with Crippen LogP contribution in [0.3, 0.4) is 0 Å². The van der Waals surface area contributed by atoms with Gasteiger partial charge in [-0.1, -0.05) is 0 Å². The molecule has 0 aromatic rings. The molecule has 2 fully saturated rings. The zero-order chi connectivity index (χ0) is 14.9. The van der Waals surface area contributed by atoms with Crippen molar-refractivity contribution in [3.8, 4) is 0 Å². The van der Waals surface area contributed by atoms with E-state index in [2.05, 4.69) is 0 Å². The lowest BCUT2D eigenvalue weighted by Gasteiger charge is -2.31. The molecule has 1 amide bonds. The van der Waals surface area contributed by atoms with Crippen LogP contribution < -0.4 is 0 Å². The molecule has 2 aliphatic heterocycles. The summed E-state index contributed by atoms with van der Waals surface area (Å²) in [7, 11) is -1.99. The first-order valence-electron chi connectivity index (χ1n) is 6.97. The van der Waals surface area contributed by atoms with Crippen molar-refractivity contribution < 1.29 is 13.2 Å². The average Bonchev–Trinajstić information content (AvgIpc) is 3.07. The zero-order valence-electron chi connectivity index (χ0n) is 12.3. The maximum absolute atomic E-state index is 12.6. The number of hydrogen-bond acceptors (Lipinski definition) is 4. The van der Waals surface area contributed by atoms with Crippen LogP contribution in [0.15, 0.2) is 0 Å².